The Hall–Kier alpha value is -1.14. The van der Waals surface area contributed by atoms with Gasteiger partial charge in [0, 0.05) is 26.8 Å². The van der Waals surface area contributed by atoms with Gasteiger partial charge in [0.1, 0.15) is 12.2 Å². The molecule has 25 heavy (non-hydrogen) atoms. The molecule has 1 saturated heterocycles. The van der Waals surface area contributed by atoms with E-state index in [0.717, 1.165) is 9.46 Å². The molecule has 0 saturated carbocycles. The van der Waals surface area contributed by atoms with Crippen molar-refractivity contribution in [3.63, 3.8) is 0 Å². The van der Waals surface area contributed by atoms with Gasteiger partial charge in [0.05, 0.1) is 6.10 Å². The van der Waals surface area contributed by atoms with E-state index in [2.05, 4.69) is 4.98 Å². The van der Waals surface area contributed by atoms with Gasteiger partial charge in [-0.2, -0.15) is 0 Å². The van der Waals surface area contributed by atoms with Crippen LogP contribution in [-0.2, 0) is 10.5 Å². The van der Waals surface area contributed by atoms with E-state index in [1.54, 1.807) is 0 Å². The average molecular weight is 476 g/mol. The number of aromatic amines is 1. The van der Waals surface area contributed by atoms with E-state index < -0.39 is 35.8 Å². The Balaban J connectivity index is 1.86. The molecule has 3 N–H and O–H groups in total. The van der Waals surface area contributed by atoms with Crippen LogP contribution in [-0.4, -0.2) is 42.5 Å². The maximum Gasteiger partial charge on any atom is 0.330 e. The van der Waals surface area contributed by atoms with Gasteiger partial charge >= 0.3 is 5.69 Å². The molecular weight excluding hydrogens is 459 g/mol. The fourth-order valence-electron chi connectivity index (χ4n) is 2.58. The number of nitrogens with zero attached hydrogens (tertiary/aromatic N) is 1. The molecule has 1 aromatic carbocycles. The SMILES string of the molecule is O=c1[nH]c(=O)n([C@@H]2O[C@H](CI)[C@@H](O)[C@H]2O)cc1CSc1ccccc1. The van der Waals surface area contributed by atoms with Gasteiger partial charge in [0.15, 0.2) is 6.23 Å². The van der Waals surface area contributed by atoms with Gasteiger partial charge in [0.2, 0.25) is 0 Å². The van der Waals surface area contributed by atoms with Crippen LogP contribution in [0.5, 0.6) is 0 Å². The largest absolute Gasteiger partial charge is 0.387 e. The lowest BCUT2D eigenvalue weighted by Gasteiger charge is -2.18. The highest BCUT2D eigenvalue weighted by atomic mass is 127. The van der Waals surface area contributed by atoms with E-state index in [9.17, 15) is 19.8 Å². The molecule has 3 rings (SSSR count). The van der Waals surface area contributed by atoms with Gasteiger partial charge in [-0.05, 0) is 12.1 Å². The van der Waals surface area contributed by atoms with Crippen LogP contribution in [0, 0.1) is 0 Å². The van der Waals surface area contributed by atoms with Crippen LogP contribution in [0.15, 0.2) is 51.0 Å². The van der Waals surface area contributed by atoms with Gasteiger partial charge < -0.3 is 14.9 Å². The minimum atomic E-state index is -1.24. The molecule has 2 aromatic rings. The molecule has 0 aliphatic carbocycles. The number of hydrogen-bond donors (Lipinski definition) is 3. The van der Waals surface area contributed by atoms with Gasteiger partial charge in [-0.1, -0.05) is 40.8 Å². The molecule has 0 bridgehead atoms. The monoisotopic (exact) mass is 476 g/mol. The van der Waals surface area contributed by atoms with E-state index >= 15 is 0 Å². The zero-order valence-corrected chi connectivity index (χ0v) is 16.0. The minimum absolute atomic E-state index is 0.362. The second-order valence-corrected chi connectivity index (χ2v) is 7.55. The summed E-state index contributed by atoms with van der Waals surface area (Å²) in [6.07, 6.45) is -2.52. The summed E-state index contributed by atoms with van der Waals surface area (Å²) in [5.74, 6) is 0.362. The lowest BCUT2D eigenvalue weighted by atomic mass is 10.1. The summed E-state index contributed by atoms with van der Waals surface area (Å²) in [4.78, 5) is 27.4. The molecule has 7 nitrogen and oxygen atoms in total. The average Bonchev–Trinajstić information content (AvgIpc) is 2.90. The first-order chi connectivity index (χ1) is 12.0. The van der Waals surface area contributed by atoms with E-state index in [4.69, 9.17) is 4.74 Å². The number of nitrogens with one attached hydrogen (secondary N) is 1. The highest BCUT2D eigenvalue weighted by molar-refractivity contribution is 14.1. The van der Waals surface area contributed by atoms with Crippen molar-refractivity contribution in [2.75, 3.05) is 4.43 Å². The molecule has 2 heterocycles. The van der Waals surface area contributed by atoms with Gasteiger partial charge in [0.25, 0.3) is 5.56 Å². The van der Waals surface area contributed by atoms with E-state index in [0.29, 0.717) is 15.7 Å². The van der Waals surface area contributed by atoms with Crippen LogP contribution in [0.4, 0.5) is 0 Å². The van der Waals surface area contributed by atoms with Crippen LogP contribution in [0.1, 0.15) is 11.8 Å². The lowest BCUT2D eigenvalue weighted by molar-refractivity contribution is -0.0336. The molecule has 0 radical (unpaired) electrons. The van der Waals surface area contributed by atoms with Crippen molar-refractivity contribution in [2.24, 2.45) is 0 Å². The normalized spacial score (nSPS) is 26.0. The molecule has 1 aliphatic rings. The third-order valence-corrected chi connectivity index (χ3v) is 5.87. The van der Waals surface area contributed by atoms with Gasteiger partial charge in [-0.3, -0.25) is 14.3 Å². The smallest absolute Gasteiger partial charge is 0.330 e. The lowest BCUT2D eigenvalue weighted by Crippen LogP contribution is -2.38. The predicted octanol–water partition coefficient (Wildman–Crippen LogP) is 0.883. The maximum atomic E-state index is 12.1. The van der Waals surface area contributed by atoms with Crippen LogP contribution in [0.3, 0.4) is 0 Å². The second-order valence-electron chi connectivity index (χ2n) is 5.62. The topological polar surface area (TPSA) is 105 Å². The Morgan fingerprint density at radius 1 is 1.20 bits per heavy atom. The summed E-state index contributed by atoms with van der Waals surface area (Å²) in [6.45, 7) is 0. The predicted molar refractivity (Wildman–Crippen MR) is 102 cm³/mol. The molecule has 134 valence electrons. The van der Waals surface area contributed by atoms with Crippen molar-refractivity contribution < 1.29 is 14.9 Å². The number of ether oxygens (including phenoxy) is 1. The molecule has 0 amide bonds. The van der Waals surface area contributed by atoms with Gasteiger partial charge in [-0.25, -0.2) is 4.79 Å². The minimum Gasteiger partial charge on any atom is -0.387 e. The Morgan fingerprint density at radius 3 is 2.56 bits per heavy atom. The molecule has 1 aromatic heterocycles. The third-order valence-electron chi connectivity index (χ3n) is 3.94. The number of aliphatic hydroxyl groups excluding tert-OH is 2. The summed E-state index contributed by atoms with van der Waals surface area (Å²) in [7, 11) is 0. The molecule has 1 fully saturated rings. The van der Waals surface area contributed by atoms with Crippen molar-refractivity contribution in [1.82, 2.24) is 9.55 Å². The summed E-state index contributed by atoms with van der Waals surface area (Å²) >= 11 is 3.50. The van der Waals surface area contributed by atoms with Crippen LogP contribution >= 0.6 is 34.4 Å². The highest BCUT2D eigenvalue weighted by Crippen LogP contribution is 2.29. The van der Waals surface area contributed by atoms with E-state index in [1.807, 2.05) is 52.9 Å². The summed E-state index contributed by atoms with van der Waals surface area (Å²) in [5, 5.41) is 20.2. The standard InChI is InChI=1S/C16H17IN2O5S/c17-6-11-12(20)13(21)15(24-11)19-7-9(14(22)18-16(19)23)8-25-10-4-2-1-3-5-10/h1-5,7,11-13,15,20-21H,6,8H2,(H,18,22,23)/t11-,12-,13-,15-/m1/s1. The number of alkyl halides is 1. The quantitative estimate of drug-likeness (QED) is 0.337. The highest BCUT2D eigenvalue weighted by Gasteiger charge is 2.43. The van der Waals surface area contributed by atoms with E-state index in [1.165, 1.54) is 18.0 Å². The Bertz CT molecular complexity index is 840. The maximum absolute atomic E-state index is 12.1. The fourth-order valence-corrected chi connectivity index (χ4v) is 4.19. The Kier molecular flexibility index (Phi) is 6.00. The second kappa shape index (κ2) is 8.04. The first kappa shape index (κ1) is 18.6. The number of benzene rings is 1. The van der Waals surface area contributed by atoms with Crippen molar-refractivity contribution in [3.8, 4) is 0 Å². The van der Waals surface area contributed by atoms with Crippen molar-refractivity contribution in [3.05, 3.63) is 62.9 Å². The van der Waals surface area contributed by atoms with Crippen molar-refractivity contribution in [2.45, 2.75) is 35.2 Å². The molecular formula is C16H17IN2O5S. The summed E-state index contributed by atoms with van der Waals surface area (Å²) in [6, 6.07) is 9.58. The van der Waals surface area contributed by atoms with Crippen LogP contribution in [0.25, 0.3) is 0 Å². The summed E-state index contributed by atoms with van der Waals surface area (Å²) < 4.78 is 7.20. The third kappa shape index (κ3) is 4.00. The Morgan fingerprint density at radius 2 is 1.92 bits per heavy atom. The number of thioether (sulfide) groups is 1. The Labute approximate surface area is 161 Å². The van der Waals surface area contributed by atoms with Crippen molar-refractivity contribution >= 4 is 34.4 Å². The molecule has 9 heteroatoms. The number of hydrogen-bond acceptors (Lipinski definition) is 6. The number of aliphatic hydroxyl groups is 2. The zero-order valence-electron chi connectivity index (χ0n) is 13.0. The number of halogens is 1. The number of H-pyrrole nitrogens is 1. The fraction of sp³-hybridized carbons (Fsp3) is 0.375. The first-order valence-corrected chi connectivity index (χ1v) is 10.1. The number of rotatable bonds is 5. The first-order valence-electron chi connectivity index (χ1n) is 7.61. The molecule has 1 aliphatic heterocycles. The van der Waals surface area contributed by atoms with E-state index in [-0.39, 0.29) is 0 Å². The number of aromatic nitrogens is 2. The zero-order chi connectivity index (χ0) is 18.0. The van der Waals surface area contributed by atoms with Crippen LogP contribution in [0.2, 0.25) is 0 Å². The van der Waals surface area contributed by atoms with Gasteiger partial charge in [-0.15, -0.1) is 11.8 Å². The molecule has 0 unspecified atom stereocenters. The molecule has 4 atom stereocenters. The molecule has 0 spiro atoms. The van der Waals surface area contributed by atoms with Crippen LogP contribution < -0.4 is 11.2 Å². The summed E-state index contributed by atoms with van der Waals surface area (Å²) in [5.41, 5.74) is -0.761. The van der Waals surface area contributed by atoms with Crippen molar-refractivity contribution in [1.29, 1.82) is 0 Å².